The fourth-order valence-electron chi connectivity index (χ4n) is 3.74. The number of ether oxygens (including phenoxy) is 2. The second-order valence-corrected chi connectivity index (χ2v) is 7.43. The van der Waals surface area contributed by atoms with Crippen LogP contribution in [0, 0.1) is 11.8 Å². The second-order valence-electron chi connectivity index (χ2n) is 7.43. The van der Waals surface area contributed by atoms with Crippen LogP contribution in [0.15, 0.2) is 35.1 Å². The molecular weight excluding hydrogens is 469 g/mol. The number of carbonyl (C=O) groups is 1. The van der Waals surface area contributed by atoms with Crippen molar-refractivity contribution < 1.29 is 27.4 Å². The first-order valence-corrected chi connectivity index (χ1v) is 10.5. The Labute approximate surface area is 197 Å². The Balaban J connectivity index is 1.97. The van der Waals surface area contributed by atoms with Crippen molar-refractivity contribution in [3.8, 4) is 23.5 Å². The van der Waals surface area contributed by atoms with Crippen LogP contribution in [-0.4, -0.2) is 64.2 Å². The van der Waals surface area contributed by atoms with E-state index in [2.05, 4.69) is 27.1 Å². The third-order valence-corrected chi connectivity index (χ3v) is 5.28. The van der Waals surface area contributed by atoms with E-state index in [4.69, 9.17) is 9.47 Å². The summed E-state index contributed by atoms with van der Waals surface area (Å²) in [6, 6.07) is 8.60. The summed E-state index contributed by atoms with van der Waals surface area (Å²) < 4.78 is 51.5. The fourth-order valence-corrected chi connectivity index (χ4v) is 3.74. The molecule has 3 aromatic rings. The molecule has 3 heterocycles. The molecule has 1 aliphatic heterocycles. The van der Waals surface area contributed by atoms with Crippen LogP contribution >= 0.6 is 0 Å². The highest BCUT2D eigenvalue weighted by Gasteiger charge is 2.44. The van der Waals surface area contributed by atoms with Crippen molar-refractivity contribution >= 4 is 23.0 Å². The van der Waals surface area contributed by atoms with E-state index < -0.39 is 24.1 Å². The number of hydrogen-bond acceptors (Lipinski definition) is 8. The number of carbonyl (C=O) groups excluding carboxylic acids is 1. The minimum Gasteiger partial charge on any atom is -0.467 e. The molecule has 1 aliphatic rings. The van der Waals surface area contributed by atoms with Gasteiger partial charge in [-0.15, -0.1) is 5.92 Å². The summed E-state index contributed by atoms with van der Waals surface area (Å²) in [5, 5.41) is 2.90. The quantitative estimate of drug-likeness (QED) is 0.424. The molecule has 0 bridgehead atoms. The monoisotopic (exact) mass is 490 g/mol. The largest absolute Gasteiger partial charge is 0.491 e. The number of benzene rings is 1. The van der Waals surface area contributed by atoms with Crippen LogP contribution in [0.25, 0.3) is 16.9 Å². The number of aromatic nitrogens is 4. The van der Waals surface area contributed by atoms with E-state index >= 15 is 0 Å². The molecule has 35 heavy (non-hydrogen) atoms. The number of halogens is 3. The van der Waals surface area contributed by atoms with Gasteiger partial charge in [0, 0.05) is 13.1 Å². The minimum atomic E-state index is -5.17. The van der Waals surface area contributed by atoms with Gasteiger partial charge in [-0.25, -0.2) is 14.2 Å². The lowest BCUT2D eigenvalue weighted by atomic mass is 10.3. The van der Waals surface area contributed by atoms with Crippen LogP contribution in [0.3, 0.4) is 0 Å². The van der Waals surface area contributed by atoms with Crippen molar-refractivity contribution in [1.82, 2.24) is 24.4 Å². The van der Waals surface area contributed by atoms with E-state index in [0.717, 1.165) is 0 Å². The van der Waals surface area contributed by atoms with Crippen LogP contribution in [0.5, 0.6) is 6.01 Å². The van der Waals surface area contributed by atoms with Crippen molar-refractivity contribution in [1.29, 1.82) is 0 Å². The summed E-state index contributed by atoms with van der Waals surface area (Å²) in [4.78, 5) is 35.2. The third kappa shape index (κ3) is 4.65. The molecule has 1 atom stereocenters. The van der Waals surface area contributed by atoms with Crippen molar-refractivity contribution in [2.45, 2.75) is 25.9 Å². The number of nitrogens with one attached hydrogen (secondary N) is 1. The number of imidazole rings is 1. The second kappa shape index (κ2) is 9.67. The smallest absolute Gasteiger partial charge is 0.467 e. The molecule has 1 N–H and O–H groups in total. The number of para-hydroxylation sites is 1. The lowest BCUT2D eigenvalue weighted by Crippen LogP contribution is -2.54. The molecule has 13 heteroatoms. The van der Waals surface area contributed by atoms with Gasteiger partial charge in [0.15, 0.2) is 17.7 Å². The molecule has 10 nitrogen and oxygen atoms in total. The summed E-state index contributed by atoms with van der Waals surface area (Å²) >= 11 is 0. The lowest BCUT2D eigenvalue weighted by molar-refractivity contribution is -0.205. The molecule has 1 unspecified atom stereocenters. The summed E-state index contributed by atoms with van der Waals surface area (Å²) in [5.41, 5.74) is 0.423. The van der Waals surface area contributed by atoms with Gasteiger partial charge < -0.3 is 19.7 Å². The zero-order valence-corrected chi connectivity index (χ0v) is 18.8. The van der Waals surface area contributed by atoms with Gasteiger partial charge >= 0.3 is 23.8 Å². The van der Waals surface area contributed by atoms with Gasteiger partial charge in [0.1, 0.15) is 5.52 Å². The summed E-state index contributed by atoms with van der Waals surface area (Å²) in [7, 11) is 1.33. The predicted octanol–water partition coefficient (Wildman–Crippen LogP) is 1.46. The molecule has 1 aromatic carbocycles. The van der Waals surface area contributed by atoms with Crippen LogP contribution < -0.4 is 20.6 Å². The third-order valence-electron chi connectivity index (χ3n) is 5.28. The Hall–Kier alpha value is -4.05. The van der Waals surface area contributed by atoms with Crippen LogP contribution in [0.2, 0.25) is 0 Å². The highest BCUT2D eigenvalue weighted by atomic mass is 19.4. The topological polar surface area (TPSA) is 104 Å². The normalized spacial score (nSPS) is 16.0. The van der Waals surface area contributed by atoms with Gasteiger partial charge in [-0.2, -0.15) is 23.1 Å². The van der Waals surface area contributed by atoms with Gasteiger partial charge in [-0.3, -0.25) is 4.57 Å². The summed E-state index contributed by atoms with van der Waals surface area (Å²) in [5.74, 6) is 3.31. The van der Waals surface area contributed by atoms with E-state index in [1.165, 1.54) is 21.1 Å². The average Bonchev–Trinajstić information content (AvgIpc) is 3.13. The number of nitrogens with zero attached hydrogens (tertiary/aromatic N) is 5. The maximum atomic E-state index is 13.5. The number of rotatable bonds is 5. The zero-order valence-electron chi connectivity index (χ0n) is 18.8. The Morgan fingerprint density at radius 3 is 2.66 bits per heavy atom. The van der Waals surface area contributed by atoms with Gasteiger partial charge in [-0.1, -0.05) is 24.1 Å². The van der Waals surface area contributed by atoms with Gasteiger partial charge in [0.2, 0.25) is 0 Å². The fraction of sp³-hybridized carbons (Fsp3) is 0.364. The average molecular weight is 490 g/mol. The van der Waals surface area contributed by atoms with E-state index in [9.17, 15) is 22.8 Å². The first kappa shape index (κ1) is 24.1. The summed E-state index contributed by atoms with van der Waals surface area (Å²) in [6.45, 7) is 2.01. The highest BCUT2D eigenvalue weighted by Crippen LogP contribution is 2.30. The Morgan fingerprint density at radius 2 is 2.00 bits per heavy atom. The van der Waals surface area contributed by atoms with Crippen LogP contribution in [-0.2, 0) is 16.1 Å². The number of piperazine rings is 1. The molecule has 1 fully saturated rings. The molecule has 0 aliphatic carbocycles. The van der Waals surface area contributed by atoms with E-state index in [0.29, 0.717) is 12.2 Å². The molecule has 0 saturated carbocycles. The molecule has 184 valence electrons. The zero-order chi connectivity index (χ0) is 25.2. The molecule has 1 saturated heterocycles. The number of esters is 1. The van der Waals surface area contributed by atoms with Gasteiger partial charge in [0.05, 0.1) is 25.9 Å². The predicted molar refractivity (Wildman–Crippen MR) is 119 cm³/mol. The van der Waals surface area contributed by atoms with Crippen molar-refractivity contribution in [2.75, 3.05) is 31.6 Å². The number of anilines is 1. The molecule has 0 spiro atoms. The van der Waals surface area contributed by atoms with E-state index in [1.54, 1.807) is 37.3 Å². The maximum absolute atomic E-state index is 13.5. The lowest BCUT2D eigenvalue weighted by Gasteiger charge is -2.36. The number of alkyl halides is 3. The van der Waals surface area contributed by atoms with Crippen LogP contribution in [0.4, 0.5) is 19.0 Å². The molecule has 4 rings (SSSR count). The summed E-state index contributed by atoms with van der Waals surface area (Å²) in [6.07, 6.45) is -6.52. The van der Waals surface area contributed by atoms with E-state index in [-0.39, 0.29) is 42.6 Å². The molecular formula is C22H21F3N6O4. The Bertz CT molecular complexity index is 1360. The van der Waals surface area contributed by atoms with Crippen LogP contribution in [0.1, 0.15) is 6.92 Å². The number of fused-ring (bicyclic) bond motifs is 1. The van der Waals surface area contributed by atoms with E-state index in [1.807, 2.05) is 0 Å². The SMILES string of the molecule is CC#CCn1c(=O)n(-c2ccccc2)c2nc(OC)nc(N3CCNCC3OC(=O)C(F)(F)F)c21. The molecule has 0 radical (unpaired) electrons. The maximum Gasteiger partial charge on any atom is 0.491 e. The Kier molecular flexibility index (Phi) is 6.65. The Morgan fingerprint density at radius 1 is 1.26 bits per heavy atom. The van der Waals surface area contributed by atoms with Gasteiger partial charge in [0.25, 0.3) is 0 Å². The standard InChI is InChI=1S/C22H21F3N6O4/c1-3-4-11-30-16-17(29-12-10-26-13-15(29)35-19(32)22(23,24)25)27-20(34-2)28-18(16)31(21(30)33)14-8-6-5-7-9-14/h5-9,15,26H,10-13H2,1-2H3. The van der Waals surface area contributed by atoms with Crippen molar-refractivity contribution in [2.24, 2.45) is 0 Å². The molecule has 0 amide bonds. The first-order chi connectivity index (χ1) is 16.8. The number of methoxy groups -OCH3 is 1. The van der Waals surface area contributed by atoms with Crippen molar-refractivity contribution in [3.63, 3.8) is 0 Å². The highest BCUT2D eigenvalue weighted by molar-refractivity contribution is 5.86. The minimum absolute atomic E-state index is 0.0204. The molecule has 2 aromatic heterocycles. The first-order valence-electron chi connectivity index (χ1n) is 10.5. The van der Waals surface area contributed by atoms with Gasteiger partial charge in [-0.05, 0) is 19.1 Å². The number of hydrogen-bond donors (Lipinski definition) is 1. The van der Waals surface area contributed by atoms with Crippen molar-refractivity contribution in [3.05, 3.63) is 40.8 Å².